The Balaban J connectivity index is 2.23. The van der Waals surface area contributed by atoms with Gasteiger partial charge >= 0.3 is 0 Å². The number of Topliss-reactive ketones (excluding diaryl/α,β-unsaturated/α-hetero) is 1. The summed E-state index contributed by atoms with van der Waals surface area (Å²) in [6, 6.07) is 12.9. The molecule has 2 rings (SSSR count). The largest absolute Gasteiger partial charge is 0.380 e. The third-order valence-electron chi connectivity index (χ3n) is 2.56. The maximum Gasteiger partial charge on any atom is 0.195 e. The van der Waals surface area contributed by atoms with Gasteiger partial charge < -0.3 is 5.11 Å². The van der Waals surface area contributed by atoms with Crippen molar-refractivity contribution >= 4 is 29.0 Å². The summed E-state index contributed by atoms with van der Waals surface area (Å²) in [6.45, 7) is 0. The molecule has 0 spiro atoms. The van der Waals surface area contributed by atoms with Crippen LogP contribution in [0.15, 0.2) is 48.5 Å². The number of ketones is 1. The predicted molar refractivity (Wildman–Crippen MR) is 72.2 cm³/mol. The van der Waals surface area contributed by atoms with Gasteiger partial charge in [0.25, 0.3) is 0 Å². The Labute approximate surface area is 115 Å². The van der Waals surface area contributed by atoms with Crippen molar-refractivity contribution in [2.45, 2.75) is 6.10 Å². The predicted octanol–water partition coefficient (Wildman–Crippen LogP) is 3.91. The highest BCUT2D eigenvalue weighted by atomic mass is 35.5. The lowest BCUT2D eigenvalue weighted by molar-refractivity contribution is 0.0747. The van der Waals surface area contributed by atoms with Crippen molar-refractivity contribution in [1.29, 1.82) is 0 Å². The van der Waals surface area contributed by atoms with Gasteiger partial charge in [-0.25, -0.2) is 0 Å². The Bertz CT molecular complexity index is 547. The van der Waals surface area contributed by atoms with Crippen LogP contribution in [0.2, 0.25) is 10.0 Å². The van der Waals surface area contributed by atoms with Crippen molar-refractivity contribution in [2.24, 2.45) is 0 Å². The fourth-order valence-electron chi connectivity index (χ4n) is 1.57. The SMILES string of the molecule is O=C(c1ccc(Cl)cc1)[C@@H](O)c1ccc(Cl)cc1. The van der Waals surface area contributed by atoms with Gasteiger partial charge in [-0.3, -0.25) is 4.79 Å². The molecule has 0 radical (unpaired) electrons. The summed E-state index contributed by atoms with van der Waals surface area (Å²) in [7, 11) is 0. The Morgan fingerprint density at radius 3 is 1.83 bits per heavy atom. The van der Waals surface area contributed by atoms with Gasteiger partial charge in [-0.05, 0) is 42.0 Å². The van der Waals surface area contributed by atoms with Crippen molar-refractivity contribution in [1.82, 2.24) is 0 Å². The molecule has 18 heavy (non-hydrogen) atoms. The molecule has 1 atom stereocenters. The van der Waals surface area contributed by atoms with Gasteiger partial charge in [0.15, 0.2) is 5.78 Å². The summed E-state index contributed by atoms with van der Waals surface area (Å²) in [5, 5.41) is 11.1. The van der Waals surface area contributed by atoms with Crippen molar-refractivity contribution in [3.8, 4) is 0 Å². The Morgan fingerprint density at radius 1 is 0.889 bits per heavy atom. The fraction of sp³-hybridized carbons (Fsp3) is 0.0714. The van der Waals surface area contributed by atoms with E-state index in [4.69, 9.17) is 23.2 Å². The smallest absolute Gasteiger partial charge is 0.195 e. The second-order valence-corrected chi connectivity index (χ2v) is 4.70. The lowest BCUT2D eigenvalue weighted by Crippen LogP contribution is -2.12. The van der Waals surface area contributed by atoms with E-state index in [0.717, 1.165) is 0 Å². The molecule has 0 aliphatic heterocycles. The zero-order valence-corrected chi connectivity index (χ0v) is 10.8. The van der Waals surface area contributed by atoms with Crippen LogP contribution in [0.4, 0.5) is 0 Å². The van der Waals surface area contributed by atoms with Crippen LogP contribution in [0.5, 0.6) is 0 Å². The molecule has 4 heteroatoms. The highest BCUT2D eigenvalue weighted by molar-refractivity contribution is 6.31. The summed E-state index contributed by atoms with van der Waals surface area (Å²) < 4.78 is 0. The molecular formula is C14H10Cl2O2. The molecule has 0 amide bonds. The lowest BCUT2D eigenvalue weighted by Gasteiger charge is -2.10. The van der Waals surface area contributed by atoms with Crippen LogP contribution in [0.25, 0.3) is 0 Å². The molecule has 1 N–H and O–H groups in total. The average molecular weight is 281 g/mol. The maximum atomic E-state index is 12.0. The van der Waals surface area contributed by atoms with Gasteiger partial charge in [-0.15, -0.1) is 0 Å². The molecular weight excluding hydrogens is 271 g/mol. The van der Waals surface area contributed by atoms with E-state index in [0.29, 0.717) is 21.2 Å². The van der Waals surface area contributed by atoms with E-state index in [2.05, 4.69) is 0 Å². The van der Waals surface area contributed by atoms with Crippen molar-refractivity contribution in [2.75, 3.05) is 0 Å². The van der Waals surface area contributed by atoms with Crippen LogP contribution in [0.1, 0.15) is 22.0 Å². The number of carbonyl (C=O) groups excluding carboxylic acids is 1. The first-order valence-corrected chi connectivity index (χ1v) is 6.07. The first-order valence-electron chi connectivity index (χ1n) is 5.31. The fourth-order valence-corrected chi connectivity index (χ4v) is 1.82. The van der Waals surface area contributed by atoms with E-state index in [1.54, 1.807) is 48.5 Å². The normalized spacial score (nSPS) is 12.2. The molecule has 0 aliphatic rings. The number of hydrogen-bond acceptors (Lipinski definition) is 2. The summed E-state index contributed by atoms with van der Waals surface area (Å²) in [5.41, 5.74) is 0.932. The van der Waals surface area contributed by atoms with Crippen LogP contribution < -0.4 is 0 Å². The van der Waals surface area contributed by atoms with Crippen LogP contribution >= 0.6 is 23.2 Å². The molecule has 0 bridgehead atoms. The van der Waals surface area contributed by atoms with E-state index >= 15 is 0 Å². The number of hydrogen-bond donors (Lipinski definition) is 1. The van der Waals surface area contributed by atoms with Gasteiger partial charge in [0, 0.05) is 15.6 Å². The standard InChI is InChI=1S/C14H10Cl2O2/c15-11-5-1-9(2-6-11)13(17)14(18)10-3-7-12(16)8-4-10/h1-8,13,17H/t13-/m0/s1. The molecule has 0 aromatic heterocycles. The van der Waals surface area contributed by atoms with Crippen LogP contribution in [0, 0.1) is 0 Å². The highest BCUT2D eigenvalue weighted by Gasteiger charge is 2.18. The van der Waals surface area contributed by atoms with Gasteiger partial charge in [0.1, 0.15) is 6.10 Å². The number of halogens is 2. The molecule has 0 unspecified atom stereocenters. The molecule has 0 heterocycles. The van der Waals surface area contributed by atoms with Gasteiger partial charge in [-0.2, -0.15) is 0 Å². The van der Waals surface area contributed by atoms with E-state index in [1.807, 2.05) is 0 Å². The summed E-state index contributed by atoms with van der Waals surface area (Å²) >= 11 is 11.5. The lowest BCUT2D eigenvalue weighted by atomic mass is 10.0. The molecule has 92 valence electrons. The van der Waals surface area contributed by atoms with E-state index < -0.39 is 6.10 Å². The number of aliphatic hydroxyl groups excluding tert-OH is 1. The number of rotatable bonds is 3. The molecule has 0 fully saturated rings. The Kier molecular flexibility index (Phi) is 4.02. The molecule has 0 aliphatic carbocycles. The van der Waals surface area contributed by atoms with Crippen molar-refractivity contribution < 1.29 is 9.90 Å². The highest BCUT2D eigenvalue weighted by Crippen LogP contribution is 2.21. The minimum Gasteiger partial charge on any atom is -0.380 e. The Hall–Kier alpha value is -1.35. The molecule has 2 aromatic carbocycles. The zero-order valence-electron chi connectivity index (χ0n) is 9.31. The van der Waals surface area contributed by atoms with Crippen LogP contribution in [-0.2, 0) is 0 Å². The first kappa shape index (κ1) is 13.1. The zero-order chi connectivity index (χ0) is 13.1. The molecule has 2 nitrogen and oxygen atoms in total. The van der Waals surface area contributed by atoms with Crippen LogP contribution in [0.3, 0.4) is 0 Å². The average Bonchev–Trinajstić information content (AvgIpc) is 2.39. The topological polar surface area (TPSA) is 37.3 Å². The van der Waals surface area contributed by atoms with E-state index in [1.165, 1.54) is 0 Å². The monoisotopic (exact) mass is 280 g/mol. The number of carbonyl (C=O) groups is 1. The van der Waals surface area contributed by atoms with Gasteiger partial charge in [0.2, 0.25) is 0 Å². The maximum absolute atomic E-state index is 12.0. The quantitative estimate of drug-likeness (QED) is 0.866. The van der Waals surface area contributed by atoms with Crippen LogP contribution in [-0.4, -0.2) is 10.9 Å². The minimum atomic E-state index is -1.19. The van der Waals surface area contributed by atoms with Crippen molar-refractivity contribution in [3.63, 3.8) is 0 Å². The molecule has 2 aromatic rings. The van der Waals surface area contributed by atoms with Gasteiger partial charge in [-0.1, -0.05) is 35.3 Å². The second-order valence-electron chi connectivity index (χ2n) is 3.83. The third-order valence-corrected chi connectivity index (χ3v) is 3.07. The molecule has 0 saturated carbocycles. The van der Waals surface area contributed by atoms with Gasteiger partial charge in [0.05, 0.1) is 0 Å². The Morgan fingerprint density at radius 2 is 1.33 bits per heavy atom. The van der Waals surface area contributed by atoms with E-state index in [9.17, 15) is 9.90 Å². The third kappa shape index (κ3) is 2.91. The second kappa shape index (κ2) is 5.53. The first-order chi connectivity index (χ1) is 8.58. The summed E-state index contributed by atoms with van der Waals surface area (Å²) in [6.07, 6.45) is -1.19. The van der Waals surface area contributed by atoms with E-state index in [-0.39, 0.29) is 5.78 Å². The summed E-state index contributed by atoms with van der Waals surface area (Å²) in [5.74, 6) is -0.367. The minimum absolute atomic E-state index is 0.367. The molecule has 0 saturated heterocycles. The number of benzene rings is 2. The summed E-state index contributed by atoms with van der Waals surface area (Å²) in [4.78, 5) is 12.0. The number of aliphatic hydroxyl groups is 1. The van der Waals surface area contributed by atoms with Crippen molar-refractivity contribution in [3.05, 3.63) is 69.7 Å².